The summed E-state index contributed by atoms with van der Waals surface area (Å²) >= 11 is 0. The second-order valence-corrected chi connectivity index (χ2v) is 7.69. The molecule has 2 heterocycles. The Bertz CT molecular complexity index is 1030. The van der Waals surface area contributed by atoms with E-state index in [-0.39, 0.29) is 30.2 Å². The number of β-lactam (4-membered cyclic amide) rings is 1. The van der Waals surface area contributed by atoms with Gasteiger partial charge in [-0.3, -0.25) is 4.79 Å². The largest absolute Gasteiger partial charge is 0.488 e. The van der Waals surface area contributed by atoms with E-state index in [1.165, 1.54) is 4.90 Å². The quantitative estimate of drug-likeness (QED) is 0.643. The van der Waals surface area contributed by atoms with Crippen molar-refractivity contribution >= 4 is 22.6 Å². The Kier molecular flexibility index (Phi) is 4.80. The van der Waals surface area contributed by atoms with Gasteiger partial charge in [0.2, 0.25) is 5.91 Å². The van der Waals surface area contributed by atoms with Crippen LogP contribution in [0.1, 0.15) is 19.4 Å². The van der Waals surface area contributed by atoms with E-state index in [1.54, 1.807) is 6.92 Å². The van der Waals surface area contributed by atoms with Gasteiger partial charge in [-0.25, -0.2) is 4.79 Å². The highest BCUT2D eigenvalue weighted by Crippen LogP contribution is 2.47. The topological polar surface area (TPSA) is 113 Å². The number of aliphatic hydroxyl groups excluding tert-OH is 1. The Hall–Kier alpha value is -2.90. The van der Waals surface area contributed by atoms with Gasteiger partial charge in [0, 0.05) is 23.4 Å². The van der Waals surface area contributed by atoms with Crippen LogP contribution in [0.4, 0.5) is 0 Å². The number of rotatable bonds is 6. The third-order valence-corrected chi connectivity index (χ3v) is 6.09. The van der Waals surface area contributed by atoms with Crippen molar-refractivity contribution in [1.82, 2.24) is 4.90 Å². The molecular weight excluding hydrogens is 372 g/mol. The van der Waals surface area contributed by atoms with E-state index < -0.39 is 18.0 Å². The molecule has 0 aliphatic carbocycles. The number of aliphatic carboxylic acids is 1. The van der Waals surface area contributed by atoms with E-state index >= 15 is 0 Å². The fraction of sp³-hybridized carbons (Fsp3) is 0.364. The molecule has 29 heavy (non-hydrogen) atoms. The highest BCUT2D eigenvalue weighted by atomic mass is 16.5. The highest BCUT2D eigenvalue weighted by molar-refractivity contribution is 6.00. The number of nitrogens with two attached hydrogens (primary N) is 1. The molecule has 7 heteroatoms. The Morgan fingerprint density at radius 2 is 1.93 bits per heavy atom. The second kappa shape index (κ2) is 7.17. The monoisotopic (exact) mass is 396 g/mol. The molecule has 4 N–H and O–H groups in total. The maximum atomic E-state index is 12.4. The number of carboxylic acids is 1. The molecule has 2 aromatic rings. The molecule has 0 saturated carbocycles. The normalized spacial score (nSPS) is 24.5. The van der Waals surface area contributed by atoms with Crippen molar-refractivity contribution in [3.63, 3.8) is 0 Å². The van der Waals surface area contributed by atoms with E-state index in [4.69, 9.17) is 10.5 Å². The van der Waals surface area contributed by atoms with Crippen molar-refractivity contribution < 1.29 is 24.5 Å². The number of aliphatic hydroxyl groups is 1. The van der Waals surface area contributed by atoms with Crippen molar-refractivity contribution in [3.05, 3.63) is 53.2 Å². The average Bonchev–Trinajstić information content (AvgIpc) is 2.94. The number of hydrogen-bond donors (Lipinski definition) is 3. The highest BCUT2D eigenvalue weighted by Gasteiger charge is 2.59. The van der Waals surface area contributed by atoms with E-state index in [0.717, 1.165) is 16.3 Å². The van der Waals surface area contributed by atoms with Crippen LogP contribution in [-0.2, 0) is 16.1 Å². The van der Waals surface area contributed by atoms with Crippen molar-refractivity contribution in [2.75, 3.05) is 6.61 Å². The van der Waals surface area contributed by atoms with Gasteiger partial charge in [0.25, 0.3) is 0 Å². The average molecular weight is 396 g/mol. The van der Waals surface area contributed by atoms with Crippen LogP contribution < -0.4 is 10.5 Å². The van der Waals surface area contributed by atoms with Crippen LogP contribution in [0.5, 0.6) is 5.75 Å². The minimum absolute atomic E-state index is 0.0210. The summed E-state index contributed by atoms with van der Waals surface area (Å²) in [6.45, 7) is 3.91. The summed E-state index contributed by atoms with van der Waals surface area (Å²) in [4.78, 5) is 25.6. The number of carboxylic acid groups (broad SMARTS) is 1. The van der Waals surface area contributed by atoms with Crippen LogP contribution in [0.25, 0.3) is 10.8 Å². The summed E-state index contributed by atoms with van der Waals surface area (Å²) in [5.41, 5.74) is 7.37. The molecule has 2 aromatic carbocycles. The zero-order valence-corrected chi connectivity index (χ0v) is 16.3. The Morgan fingerprint density at radius 1 is 1.24 bits per heavy atom. The first-order chi connectivity index (χ1) is 13.9. The van der Waals surface area contributed by atoms with Crippen LogP contribution in [0.3, 0.4) is 0 Å². The molecule has 1 saturated heterocycles. The summed E-state index contributed by atoms with van der Waals surface area (Å²) in [7, 11) is 0. The van der Waals surface area contributed by atoms with Gasteiger partial charge in [0.15, 0.2) is 0 Å². The summed E-state index contributed by atoms with van der Waals surface area (Å²) < 4.78 is 6.05. The molecular formula is C22H24N2O5. The molecule has 4 atom stereocenters. The van der Waals surface area contributed by atoms with Gasteiger partial charge in [-0.2, -0.15) is 0 Å². The molecule has 0 radical (unpaired) electrons. The van der Waals surface area contributed by atoms with Crippen molar-refractivity contribution in [1.29, 1.82) is 0 Å². The Balaban J connectivity index is 1.66. The minimum atomic E-state index is -1.15. The Labute approximate surface area is 168 Å². The molecule has 0 bridgehead atoms. The van der Waals surface area contributed by atoms with Crippen LogP contribution >= 0.6 is 0 Å². The van der Waals surface area contributed by atoms with Crippen molar-refractivity contribution in [2.45, 2.75) is 32.5 Å². The molecule has 7 nitrogen and oxygen atoms in total. The number of ether oxygens (including phenoxy) is 1. The summed E-state index contributed by atoms with van der Waals surface area (Å²) in [6, 6.07) is 11.2. The van der Waals surface area contributed by atoms with E-state index in [0.29, 0.717) is 17.9 Å². The van der Waals surface area contributed by atoms with Gasteiger partial charge >= 0.3 is 5.97 Å². The number of benzene rings is 2. The summed E-state index contributed by atoms with van der Waals surface area (Å²) in [5.74, 6) is -1.66. The SMILES string of the molecule is C[C@@H](O)[C@H]1C(=O)N2C(C(=O)O)=C(COc3cccc4c(CN)cccc34)[C@H](C)[C@H]12. The van der Waals surface area contributed by atoms with Gasteiger partial charge in [-0.05, 0) is 23.9 Å². The number of nitrogens with zero attached hydrogens (tertiary/aromatic N) is 1. The summed E-state index contributed by atoms with van der Waals surface area (Å²) in [5, 5.41) is 21.6. The lowest BCUT2D eigenvalue weighted by Gasteiger charge is -2.46. The predicted molar refractivity (Wildman–Crippen MR) is 107 cm³/mol. The molecule has 0 spiro atoms. The lowest BCUT2D eigenvalue weighted by Crippen LogP contribution is -2.63. The lowest BCUT2D eigenvalue weighted by atomic mass is 9.78. The Morgan fingerprint density at radius 3 is 2.59 bits per heavy atom. The third kappa shape index (κ3) is 2.89. The standard InChI is InChI=1S/C22H24N2O5/c1-11-16(20(22(27)28)24-19(11)18(12(2)25)21(24)26)10-29-17-8-4-6-14-13(9-23)5-3-7-15(14)17/h3-8,11-12,18-19,25H,9-10,23H2,1-2H3,(H,27,28)/t11-,12+,18+,19+/m0/s1. The smallest absolute Gasteiger partial charge is 0.352 e. The zero-order chi connectivity index (χ0) is 20.9. The molecule has 4 rings (SSSR count). The van der Waals surface area contributed by atoms with Crippen molar-refractivity contribution in [3.8, 4) is 5.75 Å². The number of hydrogen-bond acceptors (Lipinski definition) is 5. The maximum absolute atomic E-state index is 12.4. The molecule has 2 aliphatic heterocycles. The molecule has 1 amide bonds. The first kappa shape index (κ1) is 19.4. The fourth-order valence-corrected chi connectivity index (χ4v) is 4.64. The second-order valence-electron chi connectivity index (χ2n) is 7.69. The van der Waals surface area contributed by atoms with Crippen LogP contribution in [0.15, 0.2) is 47.7 Å². The molecule has 152 valence electrons. The number of amides is 1. The number of carbonyl (C=O) groups is 2. The maximum Gasteiger partial charge on any atom is 0.352 e. The number of carbonyl (C=O) groups excluding carboxylic acids is 1. The molecule has 1 fully saturated rings. The van der Waals surface area contributed by atoms with Gasteiger partial charge < -0.3 is 25.6 Å². The van der Waals surface area contributed by atoms with Crippen LogP contribution in [-0.4, -0.2) is 45.7 Å². The summed E-state index contributed by atoms with van der Waals surface area (Å²) in [6.07, 6.45) is -0.825. The molecule has 0 aromatic heterocycles. The molecule has 0 unspecified atom stereocenters. The fourth-order valence-electron chi connectivity index (χ4n) is 4.64. The van der Waals surface area contributed by atoms with Gasteiger partial charge in [-0.15, -0.1) is 0 Å². The van der Waals surface area contributed by atoms with Gasteiger partial charge in [0.1, 0.15) is 18.1 Å². The van der Waals surface area contributed by atoms with Crippen molar-refractivity contribution in [2.24, 2.45) is 17.6 Å². The predicted octanol–water partition coefficient (Wildman–Crippen LogP) is 1.87. The van der Waals surface area contributed by atoms with E-state index in [2.05, 4.69) is 0 Å². The first-order valence-electron chi connectivity index (χ1n) is 9.67. The van der Waals surface area contributed by atoms with E-state index in [9.17, 15) is 19.8 Å². The zero-order valence-electron chi connectivity index (χ0n) is 16.3. The van der Waals surface area contributed by atoms with Gasteiger partial charge in [0.05, 0.1) is 18.1 Å². The molecule has 2 aliphatic rings. The third-order valence-electron chi connectivity index (χ3n) is 6.09. The first-order valence-corrected chi connectivity index (χ1v) is 9.67. The van der Waals surface area contributed by atoms with Crippen LogP contribution in [0, 0.1) is 11.8 Å². The van der Waals surface area contributed by atoms with Crippen LogP contribution in [0.2, 0.25) is 0 Å². The van der Waals surface area contributed by atoms with E-state index in [1.807, 2.05) is 43.3 Å². The minimum Gasteiger partial charge on any atom is -0.488 e. The number of fused-ring (bicyclic) bond motifs is 2. The van der Waals surface area contributed by atoms with Gasteiger partial charge in [-0.1, -0.05) is 37.3 Å². The lowest BCUT2D eigenvalue weighted by molar-refractivity contribution is -0.163.